The van der Waals surface area contributed by atoms with Crippen molar-refractivity contribution in [1.29, 1.82) is 0 Å². The molecule has 1 saturated carbocycles. The van der Waals surface area contributed by atoms with Gasteiger partial charge < -0.3 is 15.8 Å². The summed E-state index contributed by atoms with van der Waals surface area (Å²) in [6.45, 7) is 0.705. The van der Waals surface area contributed by atoms with Gasteiger partial charge in [-0.2, -0.15) is 0 Å². The molecule has 2 unspecified atom stereocenters. The average Bonchev–Trinajstić information content (AvgIpc) is 2.83. The number of amides is 1. The minimum absolute atomic E-state index is 0.0595. The van der Waals surface area contributed by atoms with E-state index in [2.05, 4.69) is 5.32 Å². The Bertz CT molecular complexity index is 417. The van der Waals surface area contributed by atoms with Gasteiger partial charge in [-0.3, -0.25) is 4.79 Å². The van der Waals surface area contributed by atoms with Gasteiger partial charge in [0.25, 0.3) is 0 Å². The lowest BCUT2D eigenvalue weighted by Gasteiger charge is -2.15. The molecule has 0 saturated heterocycles. The van der Waals surface area contributed by atoms with Crippen molar-refractivity contribution in [2.24, 2.45) is 11.7 Å². The number of rotatable bonds is 5. The zero-order chi connectivity index (χ0) is 13.7. The Morgan fingerprint density at radius 1 is 1.37 bits per heavy atom. The molecule has 104 valence electrons. The highest BCUT2D eigenvalue weighted by Gasteiger charge is 2.23. The Hall–Kier alpha value is -1.55. The Kier molecular flexibility index (Phi) is 4.80. The van der Waals surface area contributed by atoms with E-state index in [-0.39, 0.29) is 11.9 Å². The van der Waals surface area contributed by atoms with E-state index in [1.165, 1.54) is 6.42 Å². The summed E-state index contributed by atoms with van der Waals surface area (Å²) in [5.74, 6) is 1.31. The molecule has 0 spiro atoms. The monoisotopic (exact) mass is 262 g/mol. The molecule has 4 heteroatoms. The summed E-state index contributed by atoms with van der Waals surface area (Å²) in [5.41, 5.74) is 6.98. The van der Waals surface area contributed by atoms with Gasteiger partial charge in [0, 0.05) is 12.6 Å². The van der Waals surface area contributed by atoms with Crippen molar-refractivity contribution in [2.45, 2.75) is 31.7 Å². The molecule has 0 aliphatic heterocycles. The highest BCUT2D eigenvalue weighted by atomic mass is 16.5. The maximum absolute atomic E-state index is 11.8. The SMILES string of the molecule is COc1ccc(CC(=O)NCC2CCCC2N)cc1. The Morgan fingerprint density at radius 3 is 2.68 bits per heavy atom. The van der Waals surface area contributed by atoms with Crippen molar-refractivity contribution in [1.82, 2.24) is 5.32 Å². The molecule has 0 aromatic heterocycles. The lowest BCUT2D eigenvalue weighted by molar-refractivity contribution is -0.120. The van der Waals surface area contributed by atoms with Gasteiger partial charge in [-0.05, 0) is 36.5 Å². The lowest BCUT2D eigenvalue weighted by atomic mass is 10.0. The van der Waals surface area contributed by atoms with Crippen molar-refractivity contribution in [2.75, 3.05) is 13.7 Å². The molecule has 1 fully saturated rings. The van der Waals surface area contributed by atoms with Gasteiger partial charge in [-0.15, -0.1) is 0 Å². The van der Waals surface area contributed by atoms with Crippen LogP contribution in [-0.4, -0.2) is 25.6 Å². The molecular formula is C15H22N2O2. The third-order valence-electron chi connectivity index (χ3n) is 3.80. The first-order valence-corrected chi connectivity index (χ1v) is 6.84. The van der Waals surface area contributed by atoms with E-state index in [0.717, 1.165) is 24.2 Å². The fraction of sp³-hybridized carbons (Fsp3) is 0.533. The van der Waals surface area contributed by atoms with Gasteiger partial charge in [0.05, 0.1) is 13.5 Å². The van der Waals surface area contributed by atoms with E-state index < -0.39 is 0 Å². The number of nitrogens with two attached hydrogens (primary N) is 1. The van der Waals surface area contributed by atoms with Crippen LogP contribution in [0.2, 0.25) is 0 Å². The molecule has 0 bridgehead atoms. The standard InChI is InChI=1S/C15H22N2O2/c1-19-13-7-5-11(6-8-13)9-15(18)17-10-12-3-2-4-14(12)16/h5-8,12,14H,2-4,9-10,16H2,1H3,(H,17,18). The highest BCUT2D eigenvalue weighted by Crippen LogP contribution is 2.23. The summed E-state index contributed by atoms with van der Waals surface area (Å²) in [6, 6.07) is 7.83. The van der Waals surface area contributed by atoms with E-state index in [9.17, 15) is 4.79 Å². The van der Waals surface area contributed by atoms with E-state index in [4.69, 9.17) is 10.5 Å². The average molecular weight is 262 g/mol. The van der Waals surface area contributed by atoms with Crippen LogP contribution in [0.15, 0.2) is 24.3 Å². The molecule has 2 atom stereocenters. The third kappa shape index (κ3) is 3.96. The van der Waals surface area contributed by atoms with Crippen LogP contribution >= 0.6 is 0 Å². The molecule has 1 aliphatic carbocycles. The summed E-state index contributed by atoms with van der Waals surface area (Å²) in [4.78, 5) is 11.8. The smallest absolute Gasteiger partial charge is 0.224 e. The second-order valence-electron chi connectivity index (χ2n) is 5.18. The summed E-state index contributed by atoms with van der Waals surface area (Å²) < 4.78 is 5.09. The first kappa shape index (κ1) is 13.9. The predicted molar refractivity (Wildman–Crippen MR) is 75.0 cm³/mol. The van der Waals surface area contributed by atoms with E-state index in [1.54, 1.807) is 7.11 Å². The second-order valence-corrected chi connectivity index (χ2v) is 5.18. The fourth-order valence-electron chi connectivity index (χ4n) is 2.56. The zero-order valence-corrected chi connectivity index (χ0v) is 11.4. The summed E-state index contributed by atoms with van der Waals surface area (Å²) >= 11 is 0. The van der Waals surface area contributed by atoms with Gasteiger partial charge in [-0.25, -0.2) is 0 Å². The largest absolute Gasteiger partial charge is 0.497 e. The van der Waals surface area contributed by atoms with Crippen LogP contribution in [0.3, 0.4) is 0 Å². The molecule has 3 N–H and O–H groups in total. The first-order chi connectivity index (χ1) is 9.19. The van der Waals surface area contributed by atoms with E-state index in [1.807, 2.05) is 24.3 Å². The van der Waals surface area contributed by atoms with Crippen molar-refractivity contribution in [3.63, 3.8) is 0 Å². The predicted octanol–water partition coefficient (Wildman–Crippen LogP) is 1.48. The van der Waals surface area contributed by atoms with Gasteiger partial charge in [-0.1, -0.05) is 18.6 Å². The molecule has 2 rings (SSSR count). The zero-order valence-electron chi connectivity index (χ0n) is 11.4. The third-order valence-corrected chi connectivity index (χ3v) is 3.80. The van der Waals surface area contributed by atoms with Gasteiger partial charge >= 0.3 is 0 Å². The molecule has 1 aromatic carbocycles. The number of methoxy groups -OCH3 is 1. The molecule has 1 amide bonds. The summed E-state index contributed by atoms with van der Waals surface area (Å²) in [7, 11) is 1.63. The van der Waals surface area contributed by atoms with E-state index >= 15 is 0 Å². The van der Waals surface area contributed by atoms with Crippen molar-refractivity contribution in [3.05, 3.63) is 29.8 Å². The Labute approximate surface area is 114 Å². The van der Waals surface area contributed by atoms with Crippen molar-refractivity contribution < 1.29 is 9.53 Å². The van der Waals surface area contributed by atoms with Crippen molar-refractivity contribution >= 4 is 5.91 Å². The number of benzene rings is 1. The Balaban J connectivity index is 1.77. The normalized spacial score (nSPS) is 22.2. The highest BCUT2D eigenvalue weighted by molar-refractivity contribution is 5.78. The number of ether oxygens (including phenoxy) is 1. The van der Waals surface area contributed by atoms with Crippen LogP contribution in [0.4, 0.5) is 0 Å². The molecule has 19 heavy (non-hydrogen) atoms. The molecule has 4 nitrogen and oxygen atoms in total. The van der Waals surface area contributed by atoms with Crippen LogP contribution in [0.25, 0.3) is 0 Å². The minimum atomic E-state index is 0.0595. The number of carbonyl (C=O) groups is 1. The summed E-state index contributed by atoms with van der Waals surface area (Å²) in [6.07, 6.45) is 3.80. The number of carbonyl (C=O) groups excluding carboxylic acids is 1. The topological polar surface area (TPSA) is 64.3 Å². The Morgan fingerprint density at radius 2 is 2.11 bits per heavy atom. The van der Waals surface area contributed by atoms with Crippen LogP contribution in [0.1, 0.15) is 24.8 Å². The molecular weight excluding hydrogens is 240 g/mol. The molecule has 0 heterocycles. The van der Waals surface area contributed by atoms with Crippen LogP contribution in [0.5, 0.6) is 5.75 Å². The van der Waals surface area contributed by atoms with Gasteiger partial charge in [0.2, 0.25) is 5.91 Å². The fourth-order valence-corrected chi connectivity index (χ4v) is 2.56. The minimum Gasteiger partial charge on any atom is -0.497 e. The molecule has 1 aromatic rings. The van der Waals surface area contributed by atoms with Crippen LogP contribution in [-0.2, 0) is 11.2 Å². The molecule has 0 radical (unpaired) electrons. The molecule has 1 aliphatic rings. The maximum atomic E-state index is 11.8. The number of hydrogen-bond acceptors (Lipinski definition) is 3. The lowest BCUT2D eigenvalue weighted by Crippen LogP contribution is -2.36. The van der Waals surface area contributed by atoms with Gasteiger partial charge in [0.1, 0.15) is 5.75 Å². The summed E-state index contributed by atoms with van der Waals surface area (Å²) in [5, 5.41) is 2.98. The second kappa shape index (κ2) is 6.57. The van der Waals surface area contributed by atoms with Crippen LogP contribution in [0, 0.1) is 5.92 Å². The van der Waals surface area contributed by atoms with Crippen LogP contribution < -0.4 is 15.8 Å². The maximum Gasteiger partial charge on any atom is 0.224 e. The van der Waals surface area contributed by atoms with Gasteiger partial charge in [0.15, 0.2) is 0 Å². The van der Waals surface area contributed by atoms with Crippen molar-refractivity contribution in [3.8, 4) is 5.75 Å². The van der Waals surface area contributed by atoms with E-state index in [0.29, 0.717) is 18.9 Å². The quantitative estimate of drug-likeness (QED) is 0.845. The number of nitrogens with one attached hydrogen (secondary N) is 1. The first-order valence-electron chi connectivity index (χ1n) is 6.84. The number of hydrogen-bond donors (Lipinski definition) is 2.